The van der Waals surface area contributed by atoms with Gasteiger partial charge in [0.05, 0.1) is 22.4 Å². The van der Waals surface area contributed by atoms with Crippen molar-refractivity contribution in [3.8, 4) is 22.5 Å². The Balaban J connectivity index is 1.50. The van der Waals surface area contributed by atoms with E-state index < -0.39 is 0 Å². The monoisotopic (exact) mass is 428 g/mol. The number of rotatable bonds is 6. The van der Waals surface area contributed by atoms with Gasteiger partial charge in [-0.05, 0) is 30.2 Å². The number of ketones is 1. The maximum atomic E-state index is 12.7. The van der Waals surface area contributed by atoms with Crippen molar-refractivity contribution >= 4 is 16.8 Å². The highest BCUT2D eigenvalue weighted by Gasteiger charge is 2.14. The molecule has 160 valence electrons. The lowest BCUT2D eigenvalue weighted by molar-refractivity contribution is -0.117. The van der Waals surface area contributed by atoms with Crippen molar-refractivity contribution < 1.29 is 4.79 Å². The fraction of sp³-hybridized carbons (Fsp3) is 0.100. The van der Waals surface area contributed by atoms with Crippen LogP contribution in [0.3, 0.4) is 0 Å². The van der Waals surface area contributed by atoms with Gasteiger partial charge in [-0.15, -0.1) is 0 Å². The zero-order chi connectivity index (χ0) is 22.6. The predicted molar refractivity (Wildman–Crippen MR) is 134 cm³/mol. The Morgan fingerprint density at radius 2 is 1.12 bits per heavy atom. The lowest BCUT2D eigenvalue weighted by Gasteiger charge is -2.11. The number of aryl methyl sites for hydroxylation is 1. The van der Waals surface area contributed by atoms with Gasteiger partial charge in [0, 0.05) is 24.0 Å². The number of fused-ring (bicyclic) bond motifs is 1. The van der Waals surface area contributed by atoms with E-state index in [0.717, 1.165) is 44.7 Å². The van der Waals surface area contributed by atoms with Gasteiger partial charge < -0.3 is 0 Å². The van der Waals surface area contributed by atoms with Gasteiger partial charge in [-0.25, -0.2) is 9.97 Å². The minimum absolute atomic E-state index is 0.190. The molecular weight excluding hydrogens is 404 g/mol. The van der Waals surface area contributed by atoms with Gasteiger partial charge in [-0.3, -0.25) is 4.79 Å². The molecule has 0 saturated carbocycles. The summed E-state index contributed by atoms with van der Waals surface area (Å²) in [6, 6.07) is 34.4. The van der Waals surface area contributed by atoms with Crippen LogP contribution in [-0.4, -0.2) is 15.8 Å². The third-order valence-electron chi connectivity index (χ3n) is 5.75. The summed E-state index contributed by atoms with van der Waals surface area (Å²) in [7, 11) is 0. The second-order valence-electron chi connectivity index (χ2n) is 8.35. The summed E-state index contributed by atoms with van der Waals surface area (Å²) in [6.07, 6.45) is 0.818. The van der Waals surface area contributed by atoms with E-state index in [4.69, 9.17) is 9.97 Å². The Morgan fingerprint density at radius 1 is 0.606 bits per heavy atom. The van der Waals surface area contributed by atoms with Crippen LogP contribution in [0.1, 0.15) is 16.7 Å². The SMILES string of the molecule is Cc1ccc(CC(=O)Cc2ccc3nc(-c4ccccc4)c(-c4ccccc4)nc3c2)cc1. The molecule has 0 atom stereocenters. The Bertz CT molecular complexity index is 1410. The molecule has 3 nitrogen and oxygen atoms in total. The summed E-state index contributed by atoms with van der Waals surface area (Å²) < 4.78 is 0. The summed E-state index contributed by atoms with van der Waals surface area (Å²) in [5.74, 6) is 0.190. The normalized spacial score (nSPS) is 10.9. The number of aromatic nitrogens is 2. The first-order valence-electron chi connectivity index (χ1n) is 11.1. The highest BCUT2D eigenvalue weighted by molar-refractivity contribution is 5.88. The molecule has 4 aromatic carbocycles. The summed E-state index contributed by atoms with van der Waals surface area (Å²) in [5, 5.41) is 0. The first-order chi connectivity index (χ1) is 16.2. The van der Waals surface area contributed by atoms with Crippen LogP contribution >= 0.6 is 0 Å². The molecule has 0 aliphatic heterocycles. The van der Waals surface area contributed by atoms with Gasteiger partial charge >= 0.3 is 0 Å². The smallest absolute Gasteiger partial charge is 0.141 e. The van der Waals surface area contributed by atoms with Crippen molar-refractivity contribution in [1.82, 2.24) is 9.97 Å². The van der Waals surface area contributed by atoms with Gasteiger partial charge in [-0.2, -0.15) is 0 Å². The van der Waals surface area contributed by atoms with Crippen molar-refractivity contribution in [3.63, 3.8) is 0 Å². The van der Waals surface area contributed by atoms with Crippen molar-refractivity contribution in [2.75, 3.05) is 0 Å². The van der Waals surface area contributed by atoms with Crippen LogP contribution in [0.25, 0.3) is 33.5 Å². The van der Waals surface area contributed by atoms with Crippen LogP contribution in [-0.2, 0) is 17.6 Å². The summed E-state index contributed by atoms with van der Waals surface area (Å²) in [6.45, 7) is 2.05. The number of benzene rings is 4. The lowest BCUT2D eigenvalue weighted by Crippen LogP contribution is -2.07. The molecule has 5 aromatic rings. The zero-order valence-electron chi connectivity index (χ0n) is 18.5. The lowest BCUT2D eigenvalue weighted by atomic mass is 10.0. The largest absolute Gasteiger partial charge is 0.299 e. The summed E-state index contributed by atoms with van der Waals surface area (Å²) in [5.41, 5.74) is 8.58. The first-order valence-corrected chi connectivity index (χ1v) is 11.1. The number of hydrogen-bond donors (Lipinski definition) is 0. The van der Waals surface area contributed by atoms with Crippen LogP contribution in [0.15, 0.2) is 103 Å². The number of hydrogen-bond acceptors (Lipinski definition) is 3. The molecule has 0 saturated heterocycles. The molecule has 5 rings (SSSR count). The number of nitrogens with zero attached hydrogens (tertiary/aromatic N) is 2. The van der Waals surface area contributed by atoms with Crippen LogP contribution < -0.4 is 0 Å². The predicted octanol–water partition coefficient (Wildman–Crippen LogP) is 6.63. The Hall–Kier alpha value is -4.11. The minimum atomic E-state index is 0.190. The summed E-state index contributed by atoms with van der Waals surface area (Å²) >= 11 is 0. The molecule has 1 aromatic heterocycles. The van der Waals surface area contributed by atoms with Gasteiger partial charge in [-0.1, -0.05) is 96.6 Å². The van der Waals surface area contributed by atoms with Crippen molar-refractivity contribution in [1.29, 1.82) is 0 Å². The third kappa shape index (κ3) is 4.73. The van der Waals surface area contributed by atoms with E-state index in [2.05, 4.69) is 31.2 Å². The molecular formula is C30H24N2O. The quantitative estimate of drug-likeness (QED) is 0.305. The van der Waals surface area contributed by atoms with E-state index in [1.165, 1.54) is 5.56 Å². The summed E-state index contributed by atoms with van der Waals surface area (Å²) in [4.78, 5) is 22.7. The minimum Gasteiger partial charge on any atom is -0.299 e. The van der Waals surface area contributed by atoms with Crippen molar-refractivity contribution in [2.45, 2.75) is 19.8 Å². The topological polar surface area (TPSA) is 42.9 Å². The van der Waals surface area contributed by atoms with Crippen LogP contribution in [0.4, 0.5) is 0 Å². The molecule has 0 bridgehead atoms. The number of carbonyl (C=O) groups excluding carboxylic acids is 1. The van der Waals surface area contributed by atoms with Gasteiger partial charge in [0.1, 0.15) is 5.78 Å². The van der Waals surface area contributed by atoms with E-state index in [9.17, 15) is 4.79 Å². The van der Waals surface area contributed by atoms with Gasteiger partial charge in [0.2, 0.25) is 0 Å². The van der Waals surface area contributed by atoms with E-state index in [0.29, 0.717) is 12.8 Å². The fourth-order valence-electron chi connectivity index (χ4n) is 4.03. The maximum Gasteiger partial charge on any atom is 0.141 e. The van der Waals surface area contributed by atoms with E-state index in [1.807, 2.05) is 78.9 Å². The average molecular weight is 429 g/mol. The first kappa shape index (κ1) is 20.8. The Morgan fingerprint density at radius 3 is 1.73 bits per heavy atom. The second-order valence-corrected chi connectivity index (χ2v) is 8.35. The van der Waals surface area contributed by atoms with E-state index in [-0.39, 0.29) is 5.78 Å². The maximum absolute atomic E-state index is 12.7. The molecule has 0 fully saturated rings. The van der Waals surface area contributed by atoms with E-state index in [1.54, 1.807) is 0 Å². The second kappa shape index (κ2) is 9.17. The highest BCUT2D eigenvalue weighted by Crippen LogP contribution is 2.31. The third-order valence-corrected chi connectivity index (χ3v) is 5.75. The van der Waals surface area contributed by atoms with Crippen molar-refractivity contribution in [2.24, 2.45) is 0 Å². The van der Waals surface area contributed by atoms with Crippen molar-refractivity contribution in [3.05, 3.63) is 120 Å². The highest BCUT2D eigenvalue weighted by atomic mass is 16.1. The van der Waals surface area contributed by atoms with Crippen LogP contribution in [0, 0.1) is 6.92 Å². The molecule has 0 unspecified atom stereocenters. The molecule has 3 heteroatoms. The average Bonchev–Trinajstić information content (AvgIpc) is 2.85. The molecule has 0 N–H and O–H groups in total. The molecule has 0 amide bonds. The molecule has 1 heterocycles. The number of Topliss-reactive ketones (excluding diaryl/α,β-unsaturated/α-hetero) is 1. The Labute approximate surface area is 193 Å². The fourth-order valence-corrected chi connectivity index (χ4v) is 4.03. The van der Waals surface area contributed by atoms with Gasteiger partial charge in [0.25, 0.3) is 0 Å². The van der Waals surface area contributed by atoms with Crippen LogP contribution in [0.2, 0.25) is 0 Å². The number of carbonyl (C=O) groups is 1. The molecule has 0 radical (unpaired) electrons. The molecule has 0 aliphatic rings. The Kier molecular flexibility index (Phi) is 5.77. The van der Waals surface area contributed by atoms with Gasteiger partial charge in [0.15, 0.2) is 0 Å². The van der Waals surface area contributed by atoms with Crippen LogP contribution in [0.5, 0.6) is 0 Å². The van der Waals surface area contributed by atoms with E-state index >= 15 is 0 Å². The molecule has 0 aliphatic carbocycles. The molecule has 33 heavy (non-hydrogen) atoms. The zero-order valence-corrected chi connectivity index (χ0v) is 18.5. The molecule has 0 spiro atoms. The standard InChI is InChI=1S/C30H24N2O/c1-21-12-14-22(15-13-21)18-26(33)19-23-16-17-27-28(20-23)32-30(25-10-6-3-7-11-25)29(31-27)24-8-4-2-5-9-24/h2-17,20H,18-19H2,1H3.